The van der Waals surface area contributed by atoms with E-state index >= 15 is 0 Å². The molecule has 0 aromatic rings. The van der Waals surface area contributed by atoms with Crippen LogP contribution in [0.15, 0.2) is 0 Å². The first kappa shape index (κ1) is 14.3. The summed E-state index contributed by atoms with van der Waals surface area (Å²) < 4.78 is 0. The van der Waals surface area contributed by atoms with Crippen LogP contribution in [-0.4, -0.2) is 71.1 Å². The van der Waals surface area contributed by atoms with Crippen molar-refractivity contribution in [2.45, 2.75) is 58.7 Å². The van der Waals surface area contributed by atoms with Gasteiger partial charge in [-0.25, -0.2) is 0 Å². The van der Waals surface area contributed by atoms with Crippen LogP contribution in [-0.2, 0) is 0 Å². The van der Waals surface area contributed by atoms with Crippen molar-refractivity contribution in [3.8, 4) is 0 Å². The Labute approximate surface area is 113 Å². The number of hydrogen-bond donors (Lipinski definition) is 0. The Morgan fingerprint density at radius 3 is 1.50 bits per heavy atom. The highest BCUT2D eigenvalue weighted by Gasteiger charge is 2.39. The van der Waals surface area contributed by atoms with Crippen LogP contribution in [0.25, 0.3) is 0 Å². The summed E-state index contributed by atoms with van der Waals surface area (Å²) in [5.41, 5.74) is 0.687. The molecule has 2 aliphatic rings. The van der Waals surface area contributed by atoms with Crippen LogP contribution in [0.2, 0.25) is 0 Å². The summed E-state index contributed by atoms with van der Waals surface area (Å²) in [7, 11) is 0. The van der Waals surface area contributed by atoms with Gasteiger partial charge in [0.1, 0.15) is 0 Å². The summed E-state index contributed by atoms with van der Waals surface area (Å²) in [6, 6.07) is 0.811. The molecule has 0 radical (unpaired) electrons. The molecule has 2 heterocycles. The lowest BCUT2D eigenvalue weighted by Gasteiger charge is -2.53. The summed E-state index contributed by atoms with van der Waals surface area (Å²) in [5.74, 6) is 0. The van der Waals surface area contributed by atoms with Crippen molar-refractivity contribution in [1.82, 2.24) is 14.7 Å². The summed E-state index contributed by atoms with van der Waals surface area (Å²) in [6.07, 6.45) is 0. The summed E-state index contributed by atoms with van der Waals surface area (Å²) in [4.78, 5) is 7.90. The summed E-state index contributed by atoms with van der Waals surface area (Å²) >= 11 is 0. The Bertz CT molecular complexity index is 273. The average molecular weight is 253 g/mol. The second-order valence-electron chi connectivity index (χ2n) is 7.92. The molecule has 0 aromatic heterocycles. The van der Waals surface area contributed by atoms with Gasteiger partial charge in [0.25, 0.3) is 0 Å². The third-order valence-corrected chi connectivity index (χ3v) is 4.59. The maximum Gasteiger partial charge on any atom is 0.0351 e. The molecule has 0 N–H and O–H groups in total. The Morgan fingerprint density at radius 2 is 1.11 bits per heavy atom. The van der Waals surface area contributed by atoms with E-state index in [0.29, 0.717) is 11.1 Å². The largest absolute Gasteiger partial charge is 0.296 e. The van der Waals surface area contributed by atoms with E-state index in [1.165, 1.54) is 39.3 Å². The lowest BCUT2D eigenvalue weighted by molar-refractivity contribution is -0.0470. The molecular formula is C15H31N3. The van der Waals surface area contributed by atoms with Gasteiger partial charge in [-0.3, -0.25) is 14.7 Å². The van der Waals surface area contributed by atoms with E-state index in [9.17, 15) is 0 Å². The number of likely N-dealkylation sites (tertiary alicyclic amines) is 1. The molecule has 0 aliphatic carbocycles. The van der Waals surface area contributed by atoms with Crippen LogP contribution in [0, 0.1) is 0 Å². The molecule has 0 amide bonds. The van der Waals surface area contributed by atoms with E-state index in [1.807, 2.05) is 0 Å². The maximum atomic E-state index is 2.70. The van der Waals surface area contributed by atoms with Crippen molar-refractivity contribution in [2.75, 3.05) is 39.3 Å². The van der Waals surface area contributed by atoms with Crippen LogP contribution in [0.4, 0.5) is 0 Å². The number of nitrogens with zero attached hydrogens (tertiary/aromatic N) is 3. The number of piperazine rings is 1. The van der Waals surface area contributed by atoms with Crippen molar-refractivity contribution >= 4 is 0 Å². The highest BCUT2D eigenvalue weighted by Crippen LogP contribution is 2.26. The quantitative estimate of drug-likeness (QED) is 0.706. The van der Waals surface area contributed by atoms with Crippen LogP contribution >= 0.6 is 0 Å². The Kier molecular flexibility index (Phi) is 3.79. The van der Waals surface area contributed by atoms with Crippen LogP contribution in [0.3, 0.4) is 0 Å². The molecule has 2 aliphatic heterocycles. The highest BCUT2D eigenvalue weighted by atomic mass is 15.4. The van der Waals surface area contributed by atoms with Crippen LogP contribution in [0.1, 0.15) is 41.5 Å². The lowest BCUT2D eigenvalue weighted by Crippen LogP contribution is -2.67. The second kappa shape index (κ2) is 4.77. The molecule has 0 unspecified atom stereocenters. The molecule has 0 atom stereocenters. The fourth-order valence-electron chi connectivity index (χ4n) is 2.99. The molecule has 3 heteroatoms. The Hall–Kier alpha value is -0.120. The Balaban J connectivity index is 1.76. The minimum absolute atomic E-state index is 0.336. The molecular weight excluding hydrogens is 222 g/mol. The SMILES string of the molecule is CC(C)(C)N1CCN(C2CN(C(C)(C)C)C2)CC1. The monoisotopic (exact) mass is 253 g/mol. The summed E-state index contributed by atoms with van der Waals surface area (Å²) in [5, 5.41) is 0. The smallest absolute Gasteiger partial charge is 0.0351 e. The van der Waals surface area contributed by atoms with Crippen molar-refractivity contribution in [1.29, 1.82) is 0 Å². The first-order valence-electron chi connectivity index (χ1n) is 7.42. The van der Waals surface area contributed by atoms with Gasteiger partial charge in [0, 0.05) is 56.4 Å². The Morgan fingerprint density at radius 1 is 0.667 bits per heavy atom. The van der Waals surface area contributed by atoms with Gasteiger partial charge in [-0.05, 0) is 41.5 Å². The van der Waals surface area contributed by atoms with Gasteiger partial charge in [-0.1, -0.05) is 0 Å². The topological polar surface area (TPSA) is 9.72 Å². The molecule has 2 fully saturated rings. The fourth-order valence-corrected chi connectivity index (χ4v) is 2.99. The van der Waals surface area contributed by atoms with Gasteiger partial charge in [0.2, 0.25) is 0 Å². The molecule has 0 saturated carbocycles. The van der Waals surface area contributed by atoms with E-state index in [-0.39, 0.29) is 0 Å². The zero-order valence-electron chi connectivity index (χ0n) is 13.2. The van der Waals surface area contributed by atoms with E-state index in [4.69, 9.17) is 0 Å². The normalized spacial score (nSPS) is 26.3. The second-order valence-corrected chi connectivity index (χ2v) is 7.92. The van der Waals surface area contributed by atoms with Gasteiger partial charge in [-0.2, -0.15) is 0 Å². The van der Waals surface area contributed by atoms with E-state index in [2.05, 4.69) is 56.2 Å². The minimum atomic E-state index is 0.336. The van der Waals surface area contributed by atoms with E-state index in [1.54, 1.807) is 0 Å². The van der Waals surface area contributed by atoms with Crippen LogP contribution in [0.5, 0.6) is 0 Å². The zero-order valence-corrected chi connectivity index (χ0v) is 13.2. The van der Waals surface area contributed by atoms with Gasteiger partial charge < -0.3 is 0 Å². The molecule has 18 heavy (non-hydrogen) atoms. The minimum Gasteiger partial charge on any atom is -0.296 e. The highest BCUT2D eigenvalue weighted by molar-refractivity contribution is 4.96. The first-order valence-corrected chi connectivity index (χ1v) is 7.42. The van der Waals surface area contributed by atoms with Crippen molar-refractivity contribution in [3.05, 3.63) is 0 Å². The van der Waals surface area contributed by atoms with E-state index < -0.39 is 0 Å². The van der Waals surface area contributed by atoms with E-state index in [0.717, 1.165) is 6.04 Å². The standard InChI is InChI=1S/C15H31N3/c1-14(2,3)17-9-7-16(8-10-17)13-11-18(12-13)15(4,5)6/h13H,7-12H2,1-6H3. The predicted molar refractivity (Wildman–Crippen MR) is 78.0 cm³/mol. The molecule has 106 valence electrons. The van der Waals surface area contributed by atoms with Crippen molar-refractivity contribution < 1.29 is 0 Å². The number of hydrogen-bond acceptors (Lipinski definition) is 3. The molecule has 2 rings (SSSR count). The van der Waals surface area contributed by atoms with Crippen LogP contribution < -0.4 is 0 Å². The average Bonchev–Trinajstić information content (AvgIpc) is 2.12. The molecule has 2 saturated heterocycles. The lowest BCUT2D eigenvalue weighted by atomic mass is 9.96. The van der Waals surface area contributed by atoms with Crippen molar-refractivity contribution in [2.24, 2.45) is 0 Å². The fraction of sp³-hybridized carbons (Fsp3) is 1.00. The number of rotatable bonds is 1. The predicted octanol–water partition coefficient (Wildman–Crippen LogP) is 1.89. The van der Waals surface area contributed by atoms with Gasteiger partial charge in [-0.15, -0.1) is 0 Å². The molecule has 0 bridgehead atoms. The third kappa shape index (κ3) is 3.06. The molecule has 0 spiro atoms. The first-order chi connectivity index (χ1) is 8.18. The van der Waals surface area contributed by atoms with Gasteiger partial charge >= 0.3 is 0 Å². The molecule has 0 aromatic carbocycles. The van der Waals surface area contributed by atoms with Gasteiger partial charge in [0.15, 0.2) is 0 Å². The van der Waals surface area contributed by atoms with Crippen molar-refractivity contribution in [3.63, 3.8) is 0 Å². The van der Waals surface area contributed by atoms with Gasteiger partial charge in [0.05, 0.1) is 0 Å². The molecule has 3 nitrogen and oxygen atoms in total. The third-order valence-electron chi connectivity index (χ3n) is 4.59. The summed E-state index contributed by atoms with van der Waals surface area (Å²) in [6.45, 7) is 21.4. The maximum absolute atomic E-state index is 2.70. The zero-order chi connectivity index (χ0) is 13.6.